The molecule has 0 bridgehead atoms. The van der Waals surface area contributed by atoms with Gasteiger partial charge < -0.3 is 20.1 Å². The van der Waals surface area contributed by atoms with Crippen molar-refractivity contribution in [2.24, 2.45) is 4.99 Å². The van der Waals surface area contributed by atoms with Crippen LogP contribution in [0, 0.1) is 13.8 Å². The van der Waals surface area contributed by atoms with Crippen molar-refractivity contribution in [2.45, 2.75) is 26.9 Å². The predicted molar refractivity (Wildman–Crippen MR) is 114 cm³/mol. The zero-order valence-electron chi connectivity index (χ0n) is 14.2. The molecule has 1 aliphatic heterocycles. The Morgan fingerprint density at radius 1 is 1.28 bits per heavy atom. The molecule has 0 saturated carbocycles. The second-order valence-electron chi connectivity index (χ2n) is 5.33. The molecule has 0 unspecified atom stereocenters. The maximum absolute atomic E-state index is 5.44. The molecule has 0 saturated heterocycles. The Hall–Kier alpha value is -1.07. The Morgan fingerprint density at radius 2 is 2.04 bits per heavy atom. The highest BCUT2D eigenvalue weighted by Crippen LogP contribution is 2.39. The van der Waals surface area contributed by atoms with E-state index in [0.717, 1.165) is 38.2 Å². The van der Waals surface area contributed by atoms with Gasteiger partial charge in [-0.3, -0.25) is 4.99 Å². The molecule has 0 atom stereocenters. The van der Waals surface area contributed by atoms with Crippen molar-refractivity contribution in [1.82, 2.24) is 15.6 Å². The molecule has 136 valence electrons. The van der Waals surface area contributed by atoms with Gasteiger partial charge >= 0.3 is 0 Å². The molecule has 2 aromatic rings. The van der Waals surface area contributed by atoms with Crippen molar-refractivity contribution in [2.75, 3.05) is 13.8 Å². The first kappa shape index (κ1) is 20.2. The van der Waals surface area contributed by atoms with E-state index < -0.39 is 0 Å². The van der Waals surface area contributed by atoms with Crippen LogP contribution in [0.4, 0.5) is 0 Å². The second-order valence-corrected chi connectivity index (χ2v) is 7.47. The van der Waals surface area contributed by atoms with Gasteiger partial charge in [-0.05, 0) is 47.5 Å². The molecule has 2 heterocycles. The van der Waals surface area contributed by atoms with Gasteiger partial charge in [0.25, 0.3) is 0 Å². The van der Waals surface area contributed by atoms with Crippen molar-refractivity contribution in [3.63, 3.8) is 0 Å². The molecule has 0 fully saturated rings. The van der Waals surface area contributed by atoms with Gasteiger partial charge in [0.2, 0.25) is 6.79 Å². The van der Waals surface area contributed by atoms with Gasteiger partial charge in [0.15, 0.2) is 17.5 Å². The smallest absolute Gasteiger partial charge is 0.231 e. The van der Waals surface area contributed by atoms with E-state index in [-0.39, 0.29) is 30.8 Å². The minimum Gasteiger partial charge on any atom is -0.454 e. The highest BCUT2D eigenvalue weighted by molar-refractivity contribution is 14.0. The van der Waals surface area contributed by atoms with Crippen LogP contribution in [0.25, 0.3) is 0 Å². The number of fused-ring (bicyclic) bond motifs is 1. The first-order valence-electron chi connectivity index (χ1n) is 7.52. The monoisotopic (exact) mass is 538 g/mol. The average Bonchev–Trinajstić information content (AvgIpc) is 3.14. The average molecular weight is 539 g/mol. The van der Waals surface area contributed by atoms with E-state index in [2.05, 4.69) is 36.5 Å². The molecule has 2 N–H and O–H groups in total. The van der Waals surface area contributed by atoms with E-state index in [1.54, 1.807) is 18.4 Å². The van der Waals surface area contributed by atoms with Crippen molar-refractivity contribution in [3.05, 3.63) is 37.7 Å². The van der Waals surface area contributed by atoms with Crippen molar-refractivity contribution >= 4 is 57.2 Å². The molecule has 1 aliphatic rings. The fourth-order valence-electron chi connectivity index (χ4n) is 2.43. The van der Waals surface area contributed by atoms with E-state index in [0.29, 0.717) is 13.1 Å². The summed E-state index contributed by atoms with van der Waals surface area (Å²) in [6.45, 7) is 5.66. The lowest BCUT2D eigenvalue weighted by atomic mass is 10.2. The topological polar surface area (TPSA) is 67.8 Å². The highest BCUT2D eigenvalue weighted by Gasteiger charge is 2.18. The van der Waals surface area contributed by atoms with E-state index in [1.807, 2.05) is 26.0 Å². The van der Waals surface area contributed by atoms with Crippen molar-refractivity contribution < 1.29 is 9.47 Å². The fraction of sp³-hybridized carbons (Fsp3) is 0.375. The Morgan fingerprint density at radius 3 is 2.72 bits per heavy atom. The summed E-state index contributed by atoms with van der Waals surface area (Å²) >= 11 is 5.21. The Bertz CT molecular complexity index is 782. The summed E-state index contributed by atoms with van der Waals surface area (Å²) in [6.07, 6.45) is 0. The van der Waals surface area contributed by atoms with E-state index in [4.69, 9.17) is 9.47 Å². The van der Waals surface area contributed by atoms with Gasteiger partial charge in [0.1, 0.15) is 0 Å². The fourth-order valence-corrected chi connectivity index (χ4v) is 3.91. The molecule has 0 radical (unpaired) electrons. The molecular formula is C16H20BrIN4O2S. The maximum Gasteiger partial charge on any atom is 0.231 e. The molecule has 3 rings (SSSR count). The largest absolute Gasteiger partial charge is 0.454 e. The summed E-state index contributed by atoms with van der Waals surface area (Å²) < 4.78 is 11.7. The predicted octanol–water partition coefficient (Wildman–Crippen LogP) is 3.73. The van der Waals surface area contributed by atoms with Crippen molar-refractivity contribution in [3.8, 4) is 11.5 Å². The summed E-state index contributed by atoms with van der Waals surface area (Å²) in [5.74, 6) is 2.27. The van der Waals surface area contributed by atoms with Crippen LogP contribution >= 0.6 is 51.2 Å². The van der Waals surface area contributed by atoms with E-state index >= 15 is 0 Å². The minimum atomic E-state index is 0. The molecule has 25 heavy (non-hydrogen) atoms. The summed E-state index contributed by atoms with van der Waals surface area (Å²) in [5.41, 5.74) is 2.15. The number of hydrogen-bond donors (Lipinski definition) is 2. The Labute approximate surface area is 176 Å². The van der Waals surface area contributed by atoms with Crippen LogP contribution in [-0.4, -0.2) is 24.8 Å². The second kappa shape index (κ2) is 9.04. The number of hydrogen-bond acceptors (Lipinski definition) is 5. The summed E-state index contributed by atoms with van der Waals surface area (Å²) in [5, 5.41) is 7.71. The van der Waals surface area contributed by atoms with Gasteiger partial charge in [-0.15, -0.1) is 35.3 Å². The first-order valence-corrected chi connectivity index (χ1v) is 9.13. The van der Waals surface area contributed by atoms with Gasteiger partial charge in [-0.1, -0.05) is 0 Å². The van der Waals surface area contributed by atoms with Gasteiger partial charge in [0.05, 0.1) is 21.7 Å². The first-order chi connectivity index (χ1) is 11.6. The number of aryl methyl sites for hydroxylation is 2. The number of thiazole rings is 1. The standard InChI is InChI=1S/C16H19BrN4O2S.HI/c1-9-14(24-10(2)21-9)7-20-16(18-3)19-6-11-4-12(17)15-13(5-11)22-8-23-15;/h4-5H,6-8H2,1-3H3,(H2,18,19,20);1H. The lowest BCUT2D eigenvalue weighted by Crippen LogP contribution is -2.36. The number of aliphatic imine (C=N–C) groups is 1. The molecule has 9 heteroatoms. The van der Waals surface area contributed by atoms with Gasteiger partial charge in [-0.25, -0.2) is 4.98 Å². The molecule has 0 amide bonds. The Kier molecular flexibility index (Phi) is 7.32. The minimum absolute atomic E-state index is 0. The summed E-state index contributed by atoms with van der Waals surface area (Å²) in [6, 6.07) is 3.99. The van der Waals surface area contributed by atoms with Crippen LogP contribution in [0.3, 0.4) is 0 Å². The molecule has 1 aromatic heterocycles. The number of rotatable bonds is 4. The SMILES string of the molecule is CN=C(NCc1cc(Br)c2c(c1)OCO2)NCc1sc(C)nc1C.I. The number of nitrogens with zero attached hydrogens (tertiary/aromatic N) is 2. The van der Waals surface area contributed by atoms with Gasteiger partial charge in [0, 0.05) is 18.5 Å². The van der Waals surface area contributed by atoms with Crippen LogP contribution in [0.2, 0.25) is 0 Å². The zero-order valence-corrected chi connectivity index (χ0v) is 18.9. The Balaban J connectivity index is 0.00000225. The van der Waals surface area contributed by atoms with Gasteiger partial charge in [-0.2, -0.15) is 0 Å². The van der Waals surface area contributed by atoms with Crippen LogP contribution in [-0.2, 0) is 13.1 Å². The van der Waals surface area contributed by atoms with Crippen LogP contribution in [0.15, 0.2) is 21.6 Å². The summed E-state index contributed by atoms with van der Waals surface area (Å²) in [7, 11) is 1.76. The van der Waals surface area contributed by atoms with Crippen molar-refractivity contribution in [1.29, 1.82) is 0 Å². The van der Waals surface area contributed by atoms with E-state index in [9.17, 15) is 0 Å². The number of ether oxygens (including phenoxy) is 2. The highest BCUT2D eigenvalue weighted by atomic mass is 127. The molecule has 1 aromatic carbocycles. The number of benzene rings is 1. The van der Waals surface area contributed by atoms with E-state index in [1.165, 1.54) is 4.88 Å². The number of nitrogens with one attached hydrogen (secondary N) is 2. The third-order valence-electron chi connectivity index (χ3n) is 3.59. The van der Waals surface area contributed by atoms with Crippen LogP contribution in [0.1, 0.15) is 21.1 Å². The number of halogens is 2. The quantitative estimate of drug-likeness (QED) is 0.353. The summed E-state index contributed by atoms with van der Waals surface area (Å²) in [4.78, 5) is 9.92. The number of guanidine groups is 1. The third kappa shape index (κ3) is 4.98. The molecule has 0 aliphatic carbocycles. The normalized spacial score (nSPS) is 12.7. The zero-order chi connectivity index (χ0) is 17.1. The molecule has 6 nitrogen and oxygen atoms in total. The lowest BCUT2D eigenvalue weighted by Gasteiger charge is -2.12. The number of aromatic nitrogens is 1. The van der Waals surface area contributed by atoms with Crippen LogP contribution < -0.4 is 20.1 Å². The maximum atomic E-state index is 5.44. The molecule has 0 spiro atoms. The lowest BCUT2D eigenvalue weighted by molar-refractivity contribution is 0.173. The van der Waals surface area contributed by atoms with Crippen LogP contribution in [0.5, 0.6) is 11.5 Å². The third-order valence-corrected chi connectivity index (χ3v) is 5.25. The molecular weight excluding hydrogens is 519 g/mol.